The molecule has 0 aliphatic carbocycles. The SMILES string of the molecule is COc1ccc(C(CNC(=O)CNC(=O)c2ccc(C)c(C)c2)N2CCCCC2)cc1. The van der Waals surface area contributed by atoms with Gasteiger partial charge in [0.25, 0.3) is 5.91 Å². The van der Waals surface area contributed by atoms with Crippen LogP contribution in [0.5, 0.6) is 5.75 Å². The van der Waals surface area contributed by atoms with Gasteiger partial charge in [-0.25, -0.2) is 0 Å². The summed E-state index contributed by atoms with van der Waals surface area (Å²) in [6.45, 7) is 6.49. The molecule has 1 aliphatic heterocycles. The number of methoxy groups -OCH3 is 1. The zero-order valence-corrected chi connectivity index (χ0v) is 18.7. The first-order valence-corrected chi connectivity index (χ1v) is 11.0. The molecule has 1 heterocycles. The van der Waals surface area contributed by atoms with Crippen LogP contribution in [0.15, 0.2) is 42.5 Å². The van der Waals surface area contributed by atoms with Gasteiger partial charge >= 0.3 is 0 Å². The van der Waals surface area contributed by atoms with Crippen LogP contribution < -0.4 is 15.4 Å². The van der Waals surface area contributed by atoms with E-state index in [-0.39, 0.29) is 24.4 Å². The van der Waals surface area contributed by atoms with Crippen LogP contribution in [0.3, 0.4) is 0 Å². The Bertz CT molecular complexity index is 889. The number of hydrogen-bond acceptors (Lipinski definition) is 4. The highest BCUT2D eigenvalue weighted by Crippen LogP contribution is 2.25. The standard InChI is InChI=1S/C25H33N3O3/c1-18-7-8-21(15-19(18)2)25(30)27-17-24(29)26-16-23(28-13-5-4-6-14-28)20-9-11-22(31-3)12-10-20/h7-12,15,23H,4-6,13-14,16-17H2,1-3H3,(H,26,29)(H,27,30). The van der Waals surface area contributed by atoms with Crippen molar-refractivity contribution < 1.29 is 14.3 Å². The summed E-state index contributed by atoms with van der Waals surface area (Å²) in [5.41, 5.74) is 3.92. The minimum absolute atomic E-state index is 0.0406. The molecule has 0 bridgehead atoms. The number of rotatable bonds is 8. The number of amides is 2. The third kappa shape index (κ3) is 6.31. The topological polar surface area (TPSA) is 70.7 Å². The van der Waals surface area contributed by atoms with Crippen LogP contribution in [0, 0.1) is 13.8 Å². The van der Waals surface area contributed by atoms with Gasteiger partial charge in [0.2, 0.25) is 5.91 Å². The van der Waals surface area contributed by atoms with Crippen molar-refractivity contribution in [3.63, 3.8) is 0 Å². The Hall–Kier alpha value is -2.86. The first-order chi connectivity index (χ1) is 15.0. The van der Waals surface area contributed by atoms with E-state index in [1.165, 1.54) is 19.3 Å². The van der Waals surface area contributed by atoms with E-state index < -0.39 is 0 Å². The molecule has 6 nitrogen and oxygen atoms in total. The third-order valence-corrected chi connectivity index (χ3v) is 6.00. The number of piperidine rings is 1. The van der Waals surface area contributed by atoms with Crippen LogP contribution in [0.4, 0.5) is 0 Å². The number of hydrogen-bond donors (Lipinski definition) is 2. The van der Waals surface area contributed by atoms with Gasteiger partial charge in [-0.15, -0.1) is 0 Å². The molecule has 0 saturated carbocycles. The maximum Gasteiger partial charge on any atom is 0.251 e. The summed E-state index contributed by atoms with van der Waals surface area (Å²) in [4.78, 5) is 27.3. The van der Waals surface area contributed by atoms with E-state index in [2.05, 4.69) is 27.7 Å². The van der Waals surface area contributed by atoms with Gasteiger partial charge in [0.1, 0.15) is 5.75 Å². The quantitative estimate of drug-likeness (QED) is 0.683. The second kappa shape index (κ2) is 11.0. The molecule has 1 atom stereocenters. The molecule has 3 rings (SSSR count). The number of nitrogens with zero attached hydrogens (tertiary/aromatic N) is 1. The Kier molecular flexibility index (Phi) is 8.06. The number of carbonyl (C=O) groups is 2. The highest BCUT2D eigenvalue weighted by molar-refractivity contribution is 5.96. The Morgan fingerprint density at radius 1 is 0.968 bits per heavy atom. The zero-order valence-electron chi connectivity index (χ0n) is 18.7. The minimum atomic E-state index is -0.235. The molecule has 166 valence electrons. The van der Waals surface area contributed by atoms with Gasteiger partial charge in [-0.1, -0.05) is 24.6 Å². The van der Waals surface area contributed by atoms with Crippen LogP contribution in [0.1, 0.15) is 52.4 Å². The summed E-state index contributed by atoms with van der Waals surface area (Å²) in [5, 5.41) is 5.73. The van der Waals surface area contributed by atoms with Gasteiger partial charge in [-0.2, -0.15) is 0 Å². The largest absolute Gasteiger partial charge is 0.497 e. The van der Waals surface area contributed by atoms with Crippen molar-refractivity contribution >= 4 is 11.8 Å². The molecule has 0 spiro atoms. The molecular weight excluding hydrogens is 390 g/mol. The van der Waals surface area contributed by atoms with Crippen LogP contribution in [-0.2, 0) is 4.79 Å². The second-order valence-corrected chi connectivity index (χ2v) is 8.17. The average Bonchev–Trinajstić information content (AvgIpc) is 2.80. The molecule has 2 N–H and O–H groups in total. The summed E-state index contributed by atoms with van der Waals surface area (Å²) in [6, 6.07) is 13.7. The lowest BCUT2D eigenvalue weighted by molar-refractivity contribution is -0.120. The predicted octanol–water partition coefficient (Wildman–Crippen LogP) is 3.39. The maximum absolute atomic E-state index is 12.5. The van der Waals surface area contributed by atoms with Crippen LogP contribution >= 0.6 is 0 Å². The summed E-state index contributed by atoms with van der Waals surface area (Å²) in [6.07, 6.45) is 3.60. The molecule has 1 aliphatic rings. The van der Waals surface area contributed by atoms with Gasteiger partial charge in [0.05, 0.1) is 19.7 Å². The molecule has 2 amide bonds. The lowest BCUT2D eigenvalue weighted by Crippen LogP contribution is -2.43. The van der Waals surface area contributed by atoms with E-state index in [1.54, 1.807) is 13.2 Å². The first-order valence-electron chi connectivity index (χ1n) is 11.0. The molecule has 2 aromatic rings. The summed E-state index contributed by atoms with van der Waals surface area (Å²) >= 11 is 0. The summed E-state index contributed by atoms with van der Waals surface area (Å²) in [5.74, 6) is 0.396. The van der Waals surface area contributed by atoms with Crippen molar-refractivity contribution in [2.75, 3.05) is 33.3 Å². The van der Waals surface area contributed by atoms with Crippen LogP contribution in [0.2, 0.25) is 0 Å². The Balaban J connectivity index is 1.57. The number of ether oxygens (including phenoxy) is 1. The number of carbonyl (C=O) groups excluding carboxylic acids is 2. The third-order valence-electron chi connectivity index (χ3n) is 6.00. The molecule has 1 unspecified atom stereocenters. The van der Waals surface area contributed by atoms with E-state index in [4.69, 9.17) is 4.74 Å². The predicted molar refractivity (Wildman–Crippen MR) is 122 cm³/mol. The molecule has 31 heavy (non-hydrogen) atoms. The fourth-order valence-corrected chi connectivity index (χ4v) is 3.93. The van der Waals surface area contributed by atoms with Crippen molar-refractivity contribution in [2.24, 2.45) is 0 Å². The smallest absolute Gasteiger partial charge is 0.251 e. The Morgan fingerprint density at radius 3 is 2.32 bits per heavy atom. The van der Waals surface area contributed by atoms with E-state index in [0.717, 1.165) is 35.5 Å². The summed E-state index contributed by atoms with van der Waals surface area (Å²) < 4.78 is 5.27. The average molecular weight is 424 g/mol. The van der Waals surface area contributed by atoms with Gasteiger partial charge in [0.15, 0.2) is 0 Å². The van der Waals surface area contributed by atoms with Crippen LogP contribution in [-0.4, -0.2) is 50.0 Å². The highest BCUT2D eigenvalue weighted by atomic mass is 16.5. The molecule has 0 radical (unpaired) electrons. The first kappa shape index (κ1) is 22.8. The Labute approximate surface area is 185 Å². The van der Waals surface area contributed by atoms with Crippen molar-refractivity contribution in [1.29, 1.82) is 0 Å². The normalized spacial score (nSPS) is 15.2. The van der Waals surface area contributed by atoms with Gasteiger partial charge in [0, 0.05) is 12.1 Å². The van der Waals surface area contributed by atoms with Crippen LogP contribution in [0.25, 0.3) is 0 Å². The highest BCUT2D eigenvalue weighted by Gasteiger charge is 2.23. The lowest BCUT2D eigenvalue weighted by atomic mass is 10.0. The van der Waals surface area contributed by atoms with Crippen molar-refractivity contribution in [1.82, 2.24) is 15.5 Å². The number of benzene rings is 2. The fraction of sp³-hybridized carbons (Fsp3) is 0.440. The van der Waals surface area contributed by atoms with E-state index in [0.29, 0.717) is 12.1 Å². The van der Waals surface area contributed by atoms with E-state index in [1.807, 2.05) is 38.1 Å². The number of aryl methyl sites for hydroxylation is 2. The van der Waals surface area contributed by atoms with E-state index in [9.17, 15) is 9.59 Å². The monoisotopic (exact) mass is 423 g/mol. The molecule has 6 heteroatoms. The van der Waals surface area contributed by atoms with Gasteiger partial charge < -0.3 is 15.4 Å². The molecule has 2 aromatic carbocycles. The van der Waals surface area contributed by atoms with E-state index >= 15 is 0 Å². The minimum Gasteiger partial charge on any atom is -0.497 e. The molecule has 1 saturated heterocycles. The lowest BCUT2D eigenvalue weighted by Gasteiger charge is -2.35. The zero-order chi connectivity index (χ0) is 22.2. The molecular formula is C25H33N3O3. The maximum atomic E-state index is 12.5. The fourth-order valence-electron chi connectivity index (χ4n) is 3.93. The number of nitrogens with one attached hydrogen (secondary N) is 2. The summed E-state index contributed by atoms with van der Waals surface area (Å²) in [7, 11) is 1.66. The molecule has 0 aromatic heterocycles. The molecule has 1 fully saturated rings. The van der Waals surface area contributed by atoms with Crippen molar-refractivity contribution in [2.45, 2.75) is 39.2 Å². The van der Waals surface area contributed by atoms with Gasteiger partial charge in [-0.05, 0) is 80.7 Å². The van der Waals surface area contributed by atoms with Crippen molar-refractivity contribution in [3.05, 3.63) is 64.7 Å². The second-order valence-electron chi connectivity index (χ2n) is 8.17. The van der Waals surface area contributed by atoms with Crippen molar-refractivity contribution in [3.8, 4) is 5.75 Å². The Morgan fingerprint density at radius 2 is 1.68 bits per heavy atom. The number of likely N-dealkylation sites (tertiary alicyclic amines) is 1. The van der Waals surface area contributed by atoms with Gasteiger partial charge in [-0.3, -0.25) is 14.5 Å².